The van der Waals surface area contributed by atoms with Gasteiger partial charge in [0.05, 0.1) is 6.61 Å². The minimum absolute atomic E-state index is 0.186. The lowest BCUT2D eigenvalue weighted by Gasteiger charge is -2.28. The summed E-state index contributed by atoms with van der Waals surface area (Å²) in [5, 5.41) is 0. The number of rotatable bonds is 10. The lowest BCUT2D eigenvalue weighted by molar-refractivity contribution is -0.324. The van der Waals surface area contributed by atoms with Crippen molar-refractivity contribution in [3.05, 3.63) is 0 Å². The van der Waals surface area contributed by atoms with E-state index in [9.17, 15) is 13.2 Å². The first-order chi connectivity index (χ1) is 8.39. The second kappa shape index (κ2) is 8.86. The zero-order valence-corrected chi connectivity index (χ0v) is 12.0. The van der Waals surface area contributed by atoms with Gasteiger partial charge in [-0.2, -0.15) is 0 Å². The Morgan fingerprint density at radius 2 is 1.33 bits per heavy atom. The zero-order valence-electron chi connectivity index (χ0n) is 11.0. The van der Waals surface area contributed by atoms with Gasteiger partial charge in [-0.05, 0) is 27.2 Å². The molecule has 0 radical (unpaired) electrons. The highest BCUT2D eigenvalue weighted by molar-refractivity contribution is 6.60. The molecule has 0 aliphatic rings. The quantitative estimate of drug-likeness (QED) is 0.458. The molecule has 0 amide bonds. The van der Waals surface area contributed by atoms with Gasteiger partial charge in [0, 0.05) is 25.9 Å². The fraction of sp³-hybridized carbons (Fsp3) is 1.00. The molecule has 4 nitrogen and oxygen atoms in total. The van der Waals surface area contributed by atoms with Crippen LogP contribution in [0.1, 0.15) is 27.2 Å². The number of ether oxygens (including phenoxy) is 1. The van der Waals surface area contributed by atoms with E-state index in [4.69, 9.17) is 13.3 Å². The standard InChI is InChI=1S/C10H21F3O4Si/c1-4-15-18(16-5-2,17-6-3)9-7-8-14-10(11,12)13/h4-9H2,1-3H3. The van der Waals surface area contributed by atoms with Crippen molar-refractivity contribution in [2.24, 2.45) is 0 Å². The number of hydrogen-bond acceptors (Lipinski definition) is 4. The predicted molar refractivity (Wildman–Crippen MR) is 62.1 cm³/mol. The van der Waals surface area contributed by atoms with E-state index in [-0.39, 0.29) is 6.42 Å². The Hall–Kier alpha value is -0.153. The number of alkyl halides is 3. The summed E-state index contributed by atoms with van der Waals surface area (Å²) in [7, 11) is -2.84. The molecule has 0 saturated heterocycles. The van der Waals surface area contributed by atoms with Crippen molar-refractivity contribution in [3.8, 4) is 0 Å². The summed E-state index contributed by atoms with van der Waals surface area (Å²) < 4.78 is 55.7. The Morgan fingerprint density at radius 1 is 0.889 bits per heavy atom. The summed E-state index contributed by atoms with van der Waals surface area (Å²) in [6, 6.07) is 0.318. The van der Waals surface area contributed by atoms with Crippen LogP contribution in [0.25, 0.3) is 0 Å². The number of hydrogen-bond donors (Lipinski definition) is 0. The van der Waals surface area contributed by atoms with Gasteiger partial charge in [0.2, 0.25) is 0 Å². The summed E-state index contributed by atoms with van der Waals surface area (Å²) >= 11 is 0. The van der Waals surface area contributed by atoms with Crippen molar-refractivity contribution in [1.82, 2.24) is 0 Å². The van der Waals surface area contributed by atoms with Gasteiger partial charge >= 0.3 is 15.2 Å². The summed E-state index contributed by atoms with van der Waals surface area (Å²) in [6.45, 7) is 6.21. The van der Waals surface area contributed by atoms with Gasteiger partial charge in [-0.3, -0.25) is 4.74 Å². The van der Waals surface area contributed by atoms with Crippen LogP contribution in [0.3, 0.4) is 0 Å². The van der Waals surface area contributed by atoms with Crippen LogP contribution in [-0.4, -0.2) is 41.6 Å². The van der Waals surface area contributed by atoms with Crippen LogP contribution in [-0.2, 0) is 18.0 Å². The molecule has 0 unspecified atom stereocenters. The Bertz CT molecular complexity index is 197. The summed E-state index contributed by atoms with van der Waals surface area (Å²) in [5.74, 6) is 0. The van der Waals surface area contributed by atoms with Gasteiger partial charge < -0.3 is 13.3 Å². The lowest BCUT2D eigenvalue weighted by atomic mass is 10.5. The SMILES string of the molecule is CCO[Si](CCCOC(F)(F)F)(OCC)OCC. The van der Waals surface area contributed by atoms with Crippen molar-refractivity contribution in [2.75, 3.05) is 26.4 Å². The highest BCUT2D eigenvalue weighted by Crippen LogP contribution is 2.21. The minimum atomic E-state index is -4.59. The summed E-state index contributed by atoms with van der Waals surface area (Å²) in [4.78, 5) is 0. The molecular formula is C10H21F3O4Si. The Labute approximate surface area is 107 Å². The maximum absolute atomic E-state index is 11.8. The third kappa shape index (κ3) is 8.04. The van der Waals surface area contributed by atoms with Crippen LogP contribution in [0.5, 0.6) is 0 Å². The average molecular weight is 290 g/mol. The number of halogens is 3. The third-order valence-corrected chi connectivity index (χ3v) is 5.14. The maximum atomic E-state index is 11.8. The predicted octanol–water partition coefficient (Wildman–Crippen LogP) is 2.96. The highest BCUT2D eigenvalue weighted by Gasteiger charge is 2.40. The molecule has 0 N–H and O–H groups in total. The molecule has 0 spiro atoms. The molecule has 0 aliphatic heterocycles. The maximum Gasteiger partial charge on any atom is 0.522 e. The lowest BCUT2D eigenvalue weighted by Crippen LogP contribution is -2.46. The van der Waals surface area contributed by atoms with Gasteiger partial charge in [-0.1, -0.05) is 0 Å². The first kappa shape index (κ1) is 17.8. The fourth-order valence-corrected chi connectivity index (χ4v) is 4.06. The summed E-state index contributed by atoms with van der Waals surface area (Å²) in [6.07, 6.45) is -4.40. The molecule has 0 heterocycles. The molecule has 0 aliphatic carbocycles. The van der Waals surface area contributed by atoms with Gasteiger partial charge in [-0.25, -0.2) is 0 Å². The topological polar surface area (TPSA) is 36.9 Å². The van der Waals surface area contributed by atoms with Crippen LogP contribution in [0.15, 0.2) is 0 Å². The fourth-order valence-electron chi connectivity index (χ4n) is 1.48. The monoisotopic (exact) mass is 290 g/mol. The van der Waals surface area contributed by atoms with Gasteiger partial charge in [0.25, 0.3) is 0 Å². The first-order valence-electron chi connectivity index (χ1n) is 6.01. The van der Waals surface area contributed by atoms with E-state index >= 15 is 0 Å². The third-order valence-electron chi connectivity index (χ3n) is 1.99. The Balaban J connectivity index is 4.21. The van der Waals surface area contributed by atoms with Gasteiger partial charge in [0.15, 0.2) is 0 Å². The van der Waals surface area contributed by atoms with E-state index in [1.165, 1.54) is 0 Å². The molecule has 110 valence electrons. The van der Waals surface area contributed by atoms with Crippen LogP contribution in [0.4, 0.5) is 13.2 Å². The molecule has 0 fully saturated rings. The van der Waals surface area contributed by atoms with E-state index in [1.807, 2.05) is 0 Å². The molecule has 18 heavy (non-hydrogen) atoms. The van der Waals surface area contributed by atoms with Crippen molar-refractivity contribution in [1.29, 1.82) is 0 Å². The minimum Gasteiger partial charge on any atom is -0.374 e. The molecule has 0 atom stereocenters. The van der Waals surface area contributed by atoms with E-state index in [2.05, 4.69) is 4.74 Å². The summed E-state index contributed by atoms with van der Waals surface area (Å²) in [5.41, 5.74) is 0. The molecule has 0 aromatic rings. The molecule has 0 bridgehead atoms. The van der Waals surface area contributed by atoms with Gasteiger partial charge in [-0.15, -0.1) is 13.2 Å². The average Bonchev–Trinajstić information content (AvgIpc) is 2.24. The van der Waals surface area contributed by atoms with Gasteiger partial charge in [0.1, 0.15) is 0 Å². The molecule has 0 aromatic carbocycles. The Morgan fingerprint density at radius 3 is 1.67 bits per heavy atom. The largest absolute Gasteiger partial charge is 0.522 e. The molecule has 8 heteroatoms. The van der Waals surface area contributed by atoms with Crippen LogP contribution in [0, 0.1) is 0 Å². The van der Waals surface area contributed by atoms with E-state index in [0.717, 1.165) is 0 Å². The van der Waals surface area contributed by atoms with Crippen molar-refractivity contribution >= 4 is 8.80 Å². The molecule has 0 saturated carbocycles. The van der Waals surface area contributed by atoms with Crippen molar-refractivity contribution in [3.63, 3.8) is 0 Å². The molecular weight excluding hydrogens is 269 g/mol. The van der Waals surface area contributed by atoms with Crippen molar-refractivity contribution < 1.29 is 31.2 Å². The van der Waals surface area contributed by atoms with E-state index in [1.54, 1.807) is 20.8 Å². The van der Waals surface area contributed by atoms with Crippen LogP contribution < -0.4 is 0 Å². The van der Waals surface area contributed by atoms with E-state index < -0.39 is 21.8 Å². The first-order valence-corrected chi connectivity index (χ1v) is 7.94. The molecule has 0 aromatic heterocycles. The smallest absolute Gasteiger partial charge is 0.374 e. The van der Waals surface area contributed by atoms with Crippen molar-refractivity contribution in [2.45, 2.75) is 39.6 Å². The normalized spacial score (nSPS) is 13.0. The van der Waals surface area contributed by atoms with Crippen LogP contribution in [0.2, 0.25) is 6.04 Å². The zero-order chi connectivity index (χ0) is 14.1. The van der Waals surface area contributed by atoms with E-state index in [0.29, 0.717) is 25.9 Å². The highest BCUT2D eigenvalue weighted by atomic mass is 28.4. The van der Waals surface area contributed by atoms with Crippen LogP contribution >= 0.6 is 0 Å². The Kier molecular flexibility index (Phi) is 8.79. The molecule has 0 rings (SSSR count). The second-order valence-corrected chi connectivity index (χ2v) is 6.11. The second-order valence-electron chi connectivity index (χ2n) is 3.38.